The number of nitrogen functional groups attached to an aromatic ring is 1. The minimum absolute atomic E-state index is 0.0357. The van der Waals surface area contributed by atoms with Crippen molar-refractivity contribution in [3.8, 4) is 22.3 Å². The van der Waals surface area contributed by atoms with Crippen LogP contribution in [0.3, 0.4) is 0 Å². The molecule has 2 N–H and O–H groups in total. The van der Waals surface area contributed by atoms with Crippen molar-refractivity contribution >= 4 is 22.6 Å². The van der Waals surface area contributed by atoms with Gasteiger partial charge in [-0.25, -0.2) is 9.97 Å². The number of pyridine rings is 2. The first kappa shape index (κ1) is 17.4. The molecule has 3 aromatic heterocycles. The number of nitrogens with zero attached hydrogens (tertiary/aromatic N) is 5. The molecule has 4 heterocycles. The quantitative estimate of drug-likeness (QED) is 0.586. The Balaban J connectivity index is 1.58. The molecule has 0 radical (unpaired) electrons. The van der Waals surface area contributed by atoms with Crippen LogP contribution in [0.25, 0.3) is 33.2 Å². The topological polar surface area (TPSA) is 89.9 Å². The van der Waals surface area contributed by atoms with E-state index < -0.39 is 0 Å². The van der Waals surface area contributed by atoms with Crippen LogP contribution >= 0.6 is 0 Å². The van der Waals surface area contributed by atoms with Crippen molar-refractivity contribution in [2.75, 3.05) is 18.8 Å². The van der Waals surface area contributed by atoms with Gasteiger partial charge in [-0.3, -0.25) is 9.48 Å². The van der Waals surface area contributed by atoms with Crippen molar-refractivity contribution in [3.05, 3.63) is 60.7 Å². The monoisotopic (exact) mass is 384 g/mol. The van der Waals surface area contributed by atoms with Crippen LogP contribution in [0.15, 0.2) is 55.0 Å². The highest BCUT2D eigenvalue weighted by atomic mass is 16.2. The van der Waals surface area contributed by atoms with Gasteiger partial charge in [0.05, 0.1) is 11.7 Å². The smallest absolute Gasteiger partial charge is 0.272 e. The maximum atomic E-state index is 12.6. The number of hydrogen-bond acceptors (Lipinski definition) is 5. The molecule has 0 unspecified atom stereocenters. The standard InChI is InChI=1S/C22H20N6O/c1-27-13-16(11-25-27)14-3-5-15(6-4-14)18-12-24-21(23)17-7-8-19(26-20(17)18)22(29)28-9-2-10-28/h3-8,11-13H,2,9-10H2,1H3,(H2,23,24). The SMILES string of the molecule is Cn1cc(-c2ccc(-c3cnc(N)c4ccc(C(=O)N5CCC5)nc34)cc2)cn1. The van der Waals surface area contributed by atoms with E-state index in [1.54, 1.807) is 21.8 Å². The number of carbonyl (C=O) groups is 1. The number of anilines is 1. The molecule has 1 fully saturated rings. The lowest BCUT2D eigenvalue weighted by Gasteiger charge is -2.30. The van der Waals surface area contributed by atoms with E-state index in [4.69, 9.17) is 5.73 Å². The van der Waals surface area contributed by atoms with Crippen molar-refractivity contribution in [1.82, 2.24) is 24.6 Å². The van der Waals surface area contributed by atoms with E-state index in [1.807, 2.05) is 49.8 Å². The molecule has 4 aromatic rings. The summed E-state index contributed by atoms with van der Waals surface area (Å²) < 4.78 is 1.78. The molecule has 0 bridgehead atoms. The highest BCUT2D eigenvalue weighted by molar-refractivity contribution is 6.02. The Morgan fingerprint density at radius 3 is 2.41 bits per heavy atom. The van der Waals surface area contributed by atoms with Gasteiger partial charge in [-0.1, -0.05) is 24.3 Å². The summed E-state index contributed by atoms with van der Waals surface area (Å²) in [6.07, 6.45) is 6.58. The molecule has 29 heavy (non-hydrogen) atoms. The molecule has 1 saturated heterocycles. The first-order chi connectivity index (χ1) is 14.1. The van der Waals surface area contributed by atoms with Crippen LogP contribution in [-0.4, -0.2) is 43.6 Å². The van der Waals surface area contributed by atoms with Gasteiger partial charge in [-0.05, 0) is 29.7 Å². The molecule has 0 atom stereocenters. The first-order valence-corrected chi connectivity index (χ1v) is 9.54. The Bertz CT molecular complexity index is 1220. The molecule has 0 aliphatic carbocycles. The molecular formula is C22H20N6O. The molecule has 7 nitrogen and oxygen atoms in total. The highest BCUT2D eigenvalue weighted by Gasteiger charge is 2.23. The second kappa shape index (κ2) is 6.70. The van der Waals surface area contributed by atoms with E-state index in [-0.39, 0.29) is 5.91 Å². The summed E-state index contributed by atoms with van der Waals surface area (Å²) in [6.45, 7) is 1.58. The predicted molar refractivity (Wildman–Crippen MR) is 112 cm³/mol. The van der Waals surface area contributed by atoms with Crippen molar-refractivity contribution in [1.29, 1.82) is 0 Å². The minimum Gasteiger partial charge on any atom is -0.383 e. The first-order valence-electron chi connectivity index (χ1n) is 9.54. The summed E-state index contributed by atoms with van der Waals surface area (Å²) in [5.74, 6) is 0.373. The summed E-state index contributed by atoms with van der Waals surface area (Å²) >= 11 is 0. The Hall–Kier alpha value is -3.74. The average molecular weight is 384 g/mol. The van der Waals surface area contributed by atoms with Gasteiger partial charge in [-0.15, -0.1) is 0 Å². The average Bonchev–Trinajstić information content (AvgIpc) is 3.13. The van der Waals surface area contributed by atoms with E-state index in [2.05, 4.69) is 15.1 Å². The van der Waals surface area contributed by atoms with Gasteiger partial charge >= 0.3 is 0 Å². The van der Waals surface area contributed by atoms with Crippen LogP contribution in [-0.2, 0) is 7.05 Å². The second-order valence-corrected chi connectivity index (χ2v) is 7.28. The van der Waals surface area contributed by atoms with E-state index in [9.17, 15) is 4.79 Å². The number of amides is 1. The Labute approximate surface area is 167 Å². The van der Waals surface area contributed by atoms with Crippen LogP contribution in [0.4, 0.5) is 5.82 Å². The fourth-order valence-electron chi connectivity index (χ4n) is 3.56. The van der Waals surface area contributed by atoms with Crippen molar-refractivity contribution in [2.45, 2.75) is 6.42 Å². The number of hydrogen-bond donors (Lipinski definition) is 1. The number of aromatic nitrogens is 4. The van der Waals surface area contributed by atoms with Gasteiger partial charge in [-0.2, -0.15) is 5.10 Å². The molecule has 0 spiro atoms. The van der Waals surface area contributed by atoms with Gasteiger partial charge in [0.25, 0.3) is 5.91 Å². The number of carbonyl (C=O) groups excluding carboxylic acids is 1. The van der Waals surface area contributed by atoms with Crippen LogP contribution in [0, 0.1) is 0 Å². The van der Waals surface area contributed by atoms with Gasteiger partial charge in [0.2, 0.25) is 0 Å². The zero-order valence-electron chi connectivity index (χ0n) is 16.0. The summed E-state index contributed by atoms with van der Waals surface area (Å²) in [5, 5.41) is 4.97. The lowest BCUT2D eigenvalue weighted by molar-refractivity contribution is 0.0646. The lowest BCUT2D eigenvalue weighted by atomic mass is 10.0. The fourth-order valence-corrected chi connectivity index (χ4v) is 3.56. The maximum Gasteiger partial charge on any atom is 0.272 e. The van der Waals surface area contributed by atoms with Crippen molar-refractivity contribution in [3.63, 3.8) is 0 Å². The Kier molecular flexibility index (Phi) is 4.01. The van der Waals surface area contributed by atoms with Gasteiger partial charge in [0, 0.05) is 49.0 Å². The number of fused-ring (bicyclic) bond motifs is 1. The highest BCUT2D eigenvalue weighted by Crippen LogP contribution is 2.31. The zero-order valence-corrected chi connectivity index (χ0v) is 16.0. The Morgan fingerprint density at radius 2 is 1.76 bits per heavy atom. The van der Waals surface area contributed by atoms with Crippen molar-refractivity contribution < 1.29 is 4.79 Å². The Morgan fingerprint density at radius 1 is 1.00 bits per heavy atom. The minimum atomic E-state index is -0.0357. The maximum absolute atomic E-state index is 12.6. The van der Waals surface area contributed by atoms with Crippen LogP contribution < -0.4 is 5.73 Å². The fraction of sp³-hybridized carbons (Fsp3) is 0.182. The molecule has 144 valence electrons. The number of likely N-dealkylation sites (tertiary alicyclic amines) is 1. The van der Waals surface area contributed by atoms with Crippen molar-refractivity contribution in [2.24, 2.45) is 7.05 Å². The van der Waals surface area contributed by atoms with Gasteiger partial charge < -0.3 is 10.6 Å². The molecule has 1 aromatic carbocycles. The second-order valence-electron chi connectivity index (χ2n) is 7.28. The number of rotatable bonds is 3. The number of nitrogens with two attached hydrogens (primary N) is 1. The predicted octanol–water partition coefficient (Wildman–Crippen LogP) is 3.13. The third-order valence-electron chi connectivity index (χ3n) is 5.36. The molecule has 7 heteroatoms. The summed E-state index contributed by atoms with van der Waals surface area (Å²) in [6, 6.07) is 11.7. The van der Waals surface area contributed by atoms with E-state index in [0.29, 0.717) is 17.0 Å². The van der Waals surface area contributed by atoms with E-state index in [0.717, 1.165) is 47.2 Å². The lowest BCUT2D eigenvalue weighted by Crippen LogP contribution is -2.42. The van der Waals surface area contributed by atoms with Crippen LogP contribution in [0.5, 0.6) is 0 Å². The molecule has 1 amide bonds. The molecule has 0 saturated carbocycles. The third-order valence-corrected chi connectivity index (χ3v) is 5.36. The summed E-state index contributed by atoms with van der Waals surface area (Å²) in [4.78, 5) is 23.4. The molecule has 5 rings (SSSR count). The van der Waals surface area contributed by atoms with Crippen LogP contribution in [0.2, 0.25) is 0 Å². The van der Waals surface area contributed by atoms with Crippen LogP contribution in [0.1, 0.15) is 16.9 Å². The van der Waals surface area contributed by atoms with E-state index in [1.165, 1.54) is 0 Å². The normalized spacial score (nSPS) is 13.5. The third kappa shape index (κ3) is 3.00. The van der Waals surface area contributed by atoms with E-state index >= 15 is 0 Å². The largest absolute Gasteiger partial charge is 0.383 e. The number of benzene rings is 1. The molecule has 1 aliphatic heterocycles. The molecular weight excluding hydrogens is 364 g/mol. The van der Waals surface area contributed by atoms with Gasteiger partial charge in [0.15, 0.2) is 0 Å². The summed E-state index contributed by atoms with van der Waals surface area (Å²) in [5.41, 5.74) is 11.2. The zero-order chi connectivity index (χ0) is 20.0. The van der Waals surface area contributed by atoms with Gasteiger partial charge in [0.1, 0.15) is 11.5 Å². The summed E-state index contributed by atoms with van der Waals surface area (Å²) in [7, 11) is 1.90. The number of aryl methyl sites for hydroxylation is 1. The molecule has 1 aliphatic rings.